The minimum Gasteiger partial charge on any atom is -0.385 e. The fraction of sp³-hybridized carbons (Fsp3) is 0.407. The van der Waals surface area contributed by atoms with Crippen LogP contribution in [0.15, 0.2) is 48.5 Å². The summed E-state index contributed by atoms with van der Waals surface area (Å²) in [5, 5.41) is 16.1. The van der Waals surface area contributed by atoms with E-state index in [0.717, 1.165) is 43.3 Å². The number of ether oxygens (including phenoxy) is 1. The van der Waals surface area contributed by atoms with E-state index in [-0.39, 0.29) is 29.5 Å². The average Bonchev–Trinajstić information content (AvgIpc) is 3.24. The quantitative estimate of drug-likeness (QED) is 0.227. The van der Waals surface area contributed by atoms with Crippen molar-refractivity contribution in [3.05, 3.63) is 81.3 Å². The Labute approximate surface area is 221 Å². The molecule has 0 saturated carbocycles. The molecule has 1 aliphatic heterocycles. The molecule has 1 fully saturated rings. The zero-order chi connectivity index (χ0) is 27.2. The first-order chi connectivity index (χ1) is 18.3. The Balaban J connectivity index is 1.75. The second-order valence-electron chi connectivity index (χ2n) is 9.45. The van der Waals surface area contributed by atoms with Crippen molar-refractivity contribution in [3.8, 4) is 5.69 Å². The molecule has 0 atom stereocenters. The number of nitro groups is 1. The second kappa shape index (κ2) is 12.1. The molecule has 2 aromatic carbocycles. The van der Waals surface area contributed by atoms with E-state index in [9.17, 15) is 19.3 Å². The highest BCUT2D eigenvalue weighted by Gasteiger charge is 2.28. The monoisotopic (exact) mass is 524 g/mol. The number of aryl methyl sites for hydroxylation is 1. The van der Waals surface area contributed by atoms with Gasteiger partial charge in [0.1, 0.15) is 11.6 Å². The minimum absolute atomic E-state index is 0.138. The summed E-state index contributed by atoms with van der Waals surface area (Å²) in [7, 11) is 3.67. The molecule has 1 amide bonds. The lowest BCUT2D eigenvalue weighted by Crippen LogP contribution is -2.45. The summed E-state index contributed by atoms with van der Waals surface area (Å²) in [5.74, 6) is 0.153. The van der Waals surface area contributed by atoms with Crippen LogP contribution in [0.25, 0.3) is 5.69 Å². The fourth-order valence-electron chi connectivity index (χ4n) is 4.64. The van der Waals surface area contributed by atoms with Crippen LogP contribution < -0.4 is 4.90 Å². The third-order valence-corrected chi connectivity index (χ3v) is 6.73. The normalized spacial score (nSPS) is 14.1. The Hall–Kier alpha value is -3.83. The number of methoxy groups -OCH3 is 1. The summed E-state index contributed by atoms with van der Waals surface area (Å²) in [6.45, 7) is 6.21. The Kier molecular flexibility index (Phi) is 8.70. The molecular weight excluding hydrogens is 491 g/mol. The lowest BCUT2D eigenvalue weighted by molar-refractivity contribution is -0.384. The smallest absolute Gasteiger partial charge is 0.270 e. The van der Waals surface area contributed by atoms with Gasteiger partial charge in [0, 0.05) is 69.7 Å². The third-order valence-electron chi connectivity index (χ3n) is 6.73. The number of non-ortho nitro benzene ring substituents is 1. The molecule has 4 rings (SSSR count). The molecule has 202 valence electrons. The van der Waals surface area contributed by atoms with Crippen molar-refractivity contribution < 1.29 is 18.8 Å². The lowest BCUT2D eigenvalue weighted by Gasteiger charge is -2.35. The van der Waals surface area contributed by atoms with E-state index in [1.54, 1.807) is 28.8 Å². The molecule has 1 aliphatic rings. The highest BCUT2D eigenvalue weighted by atomic mass is 19.1. The van der Waals surface area contributed by atoms with Gasteiger partial charge in [-0.1, -0.05) is 12.1 Å². The van der Waals surface area contributed by atoms with Crippen LogP contribution in [0, 0.1) is 22.9 Å². The maximum Gasteiger partial charge on any atom is 0.270 e. The van der Waals surface area contributed by atoms with Gasteiger partial charge < -0.3 is 19.4 Å². The summed E-state index contributed by atoms with van der Waals surface area (Å²) >= 11 is 0. The number of benzene rings is 2. The maximum absolute atomic E-state index is 14.2. The number of nitrogens with zero attached hydrogens (tertiary/aromatic N) is 6. The van der Waals surface area contributed by atoms with Crippen molar-refractivity contribution >= 4 is 17.4 Å². The zero-order valence-electron chi connectivity index (χ0n) is 22.0. The summed E-state index contributed by atoms with van der Waals surface area (Å²) in [4.78, 5) is 30.6. The van der Waals surface area contributed by atoms with Crippen LogP contribution in [0.4, 0.5) is 15.9 Å². The highest BCUT2D eigenvalue weighted by molar-refractivity contribution is 5.95. The maximum atomic E-state index is 14.2. The predicted octanol–water partition coefficient (Wildman–Crippen LogP) is 3.66. The Bertz CT molecular complexity index is 1290. The summed E-state index contributed by atoms with van der Waals surface area (Å²) in [6, 6.07) is 12.1. The number of hydrogen-bond donors (Lipinski definition) is 0. The zero-order valence-corrected chi connectivity index (χ0v) is 22.0. The first-order valence-electron chi connectivity index (χ1n) is 12.6. The van der Waals surface area contributed by atoms with Crippen molar-refractivity contribution in [1.82, 2.24) is 19.6 Å². The number of carbonyl (C=O) groups excluding carboxylic acids is 1. The van der Waals surface area contributed by atoms with Crippen LogP contribution in [-0.2, 0) is 11.3 Å². The topological polar surface area (TPSA) is 97.0 Å². The van der Waals surface area contributed by atoms with E-state index in [2.05, 4.69) is 16.8 Å². The summed E-state index contributed by atoms with van der Waals surface area (Å²) in [6.07, 6.45) is 0.595. The standard InChI is InChI=1S/C27H33FN6O4/c1-20-25(19-32(11-6-16-38-3)27(35)21-7-4-10-24(17-21)34(36)37)26(31-14-12-30(2)13-15-31)33(29-20)23-9-5-8-22(28)18-23/h4-5,7-10,17-18H,6,11-16,19H2,1-3H3. The predicted molar refractivity (Wildman–Crippen MR) is 142 cm³/mol. The van der Waals surface area contributed by atoms with Gasteiger partial charge in [0.05, 0.1) is 22.8 Å². The number of nitro benzene ring substituents is 1. The Morgan fingerprint density at radius 3 is 2.58 bits per heavy atom. The largest absolute Gasteiger partial charge is 0.385 e. The van der Waals surface area contributed by atoms with Crippen LogP contribution in [0.3, 0.4) is 0 Å². The molecular formula is C27H33FN6O4. The highest BCUT2D eigenvalue weighted by Crippen LogP contribution is 2.30. The van der Waals surface area contributed by atoms with Gasteiger partial charge in [-0.15, -0.1) is 0 Å². The van der Waals surface area contributed by atoms with Crippen LogP contribution in [0.1, 0.15) is 28.0 Å². The van der Waals surface area contributed by atoms with Crippen molar-refractivity contribution in [2.75, 3.05) is 58.4 Å². The number of piperazine rings is 1. The van der Waals surface area contributed by atoms with Gasteiger partial charge >= 0.3 is 0 Å². The number of hydrogen-bond acceptors (Lipinski definition) is 7. The van der Waals surface area contributed by atoms with Crippen molar-refractivity contribution in [1.29, 1.82) is 0 Å². The number of aromatic nitrogens is 2. The molecule has 0 radical (unpaired) electrons. The number of likely N-dealkylation sites (N-methyl/N-ethyl adjacent to an activating group) is 1. The van der Waals surface area contributed by atoms with Gasteiger partial charge in [0.2, 0.25) is 0 Å². The third kappa shape index (κ3) is 6.17. The van der Waals surface area contributed by atoms with E-state index >= 15 is 0 Å². The number of rotatable bonds is 10. The number of anilines is 1. The van der Waals surface area contributed by atoms with E-state index in [0.29, 0.717) is 25.3 Å². The second-order valence-corrected chi connectivity index (χ2v) is 9.45. The van der Waals surface area contributed by atoms with E-state index < -0.39 is 4.92 Å². The number of halogens is 1. The number of amides is 1. The molecule has 0 bridgehead atoms. The van der Waals surface area contributed by atoms with Gasteiger partial charge in [-0.25, -0.2) is 9.07 Å². The van der Waals surface area contributed by atoms with E-state index in [1.165, 1.54) is 30.3 Å². The van der Waals surface area contributed by atoms with Gasteiger partial charge in [0.25, 0.3) is 11.6 Å². The fourth-order valence-corrected chi connectivity index (χ4v) is 4.64. The summed E-state index contributed by atoms with van der Waals surface area (Å²) < 4.78 is 21.1. The molecule has 0 aliphatic carbocycles. The molecule has 3 aromatic rings. The first-order valence-corrected chi connectivity index (χ1v) is 12.6. The number of carbonyl (C=O) groups is 1. The molecule has 11 heteroatoms. The molecule has 1 aromatic heterocycles. The molecule has 0 spiro atoms. The molecule has 0 unspecified atom stereocenters. The van der Waals surface area contributed by atoms with Gasteiger partial charge in [-0.2, -0.15) is 5.10 Å². The minimum atomic E-state index is -0.509. The van der Waals surface area contributed by atoms with Crippen LogP contribution in [0.2, 0.25) is 0 Å². The Morgan fingerprint density at radius 2 is 1.89 bits per heavy atom. The van der Waals surface area contributed by atoms with Gasteiger partial charge in [-0.05, 0) is 44.7 Å². The molecule has 0 N–H and O–H groups in total. The van der Waals surface area contributed by atoms with Crippen LogP contribution in [0.5, 0.6) is 0 Å². The summed E-state index contributed by atoms with van der Waals surface area (Å²) in [5.41, 5.74) is 2.29. The molecule has 10 nitrogen and oxygen atoms in total. The van der Waals surface area contributed by atoms with Crippen LogP contribution >= 0.6 is 0 Å². The van der Waals surface area contributed by atoms with Crippen molar-refractivity contribution in [2.45, 2.75) is 19.9 Å². The lowest BCUT2D eigenvalue weighted by atomic mass is 10.1. The first kappa shape index (κ1) is 27.2. The van der Waals surface area contributed by atoms with Crippen LogP contribution in [-0.4, -0.2) is 83.9 Å². The molecule has 1 saturated heterocycles. The van der Waals surface area contributed by atoms with Crippen molar-refractivity contribution in [3.63, 3.8) is 0 Å². The van der Waals surface area contributed by atoms with Crippen molar-refractivity contribution in [2.24, 2.45) is 0 Å². The van der Waals surface area contributed by atoms with E-state index in [4.69, 9.17) is 9.84 Å². The Morgan fingerprint density at radius 1 is 1.16 bits per heavy atom. The average molecular weight is 525 g/mol. The van der Waals surface area contributed by atoms with E-state index in [1.807, 2.05) is 13.0 Å². The van der Waals surface area contributed by atoms with Gasteiger partial charge in [-0.3, -0.25) is 14.9 Å². The SMILES string of the molecule is COCCCN(Cc1c(C)nn(-c2cccc(F)c2)c1N1CCN(C)CC1)C(=O)c1cccc([N+](=O)[O-])c1. The molecule has 2 heterocycles. The van der Waals surface area contributed by atoms with Gasteiger partial charge in [0.15, 0.2) is 0 Å². The molecule has 38 heavy (non-hydrogen) atoms.